The first kappa shape index (κ1) is 22.2. The molecule has 1 aliphatic heterocycles. The van der Waals surface area contributed by atoms with Crippen molar-refractivity contribution in [2.75, 3.05) is 33.4 Å². The zero-order chi connectivity index (χ0) is 21.7. The Morgan fingerprint density at radius 1 is 1.03 bits per heavy atom. The predicted octanol–water partition coefficient (Wildman–Crippen LogP) is 3.86. The SMILES string of the molecule is COc1cc(OCC2CC2)cc(C(=O)NCC2CCN(C(=O)OC(C)(C)C)CC2)c1. The molecule has 0 unspecified atom stereocenters. The molecular weight excluding hydrogens is 384 g/mol. The first-order chi connectivity index (χ1) is 14.2. The van der Waals surface area contributed by atoms with Gasteiger partial charge in [0, 0.05) is 31.3 Å². The first-order valence-corrected chi connectivity index (χ1v) is 10.8. The maximum atomic E-state index is 12.7. The summed E-state index contributed by atoms with van der Waals surface area (Å²) in [4.78, 5) is 26.6. The molecule has 1 saturated heterocycles. The molecular formula is C23H34N2O5. The highest BCUT2D eigenvalue weighted by atomic mass is 16.6. The fraction of sp³-hybridized carbons (Fsp3) is 0.652. The molecule has 1 heterocycles. The quantitative estimate of drug-likeness (QED) is 0.728. The van der Waals surface area contributed by atoms with Gasteiger partial charge in [-0.25, -0.2) is 4.79 Å². The molecule has 0 aromatic heterocycles. The minimum atomic E-state index is -0.486. The van der Waals surface area contributed by atoms with E-state index in [2.05, 4.69) is 5.32 Å². The molecule has 0 spiro atoms. The lowest BCUT2D eigenvalue weighted by Crippen LogP contribution is -2.43. The van der Waals surface area contributed by atoms with Crippen molar-refractivity contribution in [3.8, 4) is 11.5 Å². The molecule has 2 aliphatic rings. The number of amides is 2. The number of carbonyl (C=O) groups is 2. The average molecular weight is 419 g/mol. The summed E-state index contributed by atoms with van der Waals surface area (Å²) in [6.07, 6.45) is 3.84. The van der Waals surface area contributed by atoms with Crippen LogP contribution in [0.15, 0.2) is 18.2 Å². The summed E-state index contributed by atoms with van der Waals surface area (Å²) in [7, 11) is 1.58. The molecule has 30 heavy (non-hydrogen) atoms. The van der Waals surface area contributed by atoms with E-state index in [4.69, 9.17) is 14.2 Å². The second kappa shape index (κ2) is 9.58. The number of nitrogens with zero attached hydrogens (tertiary/aromatic N) is 1. The van der Waals surface area contributed by atoms with Crippen LogP contribution in [0, 0.1) is 11.8 Å². The number of piperidine rings is 1. The summed E-state index contributed by atoms with van der Waals surface area (Å²) in [6.45, 7) is 8.17. The van der Waals surface area contributed by atoms with Gasteiger partial charge in [0.2, 0.25) is 0 Å². The van der Waals surface area contributed by atoms with Crippen LogP contribution < -0.4 is 14.8 Å². The number of carbonyl (C=O) groups excluding carboxylic acids is 2. The minimum absolute atomic E-state index is 0.139. The average Bonchev–Trinajstić information content (AvgIpc) is 3.54. The summed E-state index contributed by atoms with van der Waals surface area (Å²) in [5.41, 5.74) is 0.0474. The normalized spacial score (nSPS) is 17.4. The zero-order valence-corrected chi connectivity index (χ0v) is 18.5. The maximum absolute atomic E-state index is 12.7. The lowest BCUT2D eigenvalue weighted by Gasteiger charge is -2.33. The highest BCUT2D eigenvalue weighted by Gasteiger charge is 2.27. The summed E-state index contributed by atoms with van der Waals surface area (Å²) in [6, 6.07) is 5.31. The number of benzene rings is 1. The largest absolute Gasteiger partial charge is 0.497 e. The van der Waals surface area contributed by atoms with Crippen molar-refractivity contribution in [3.05, 3.63) is 23.8 Å². The van der Waals surface area contributed by atoms with Crippen LogP contribution in [0.1, 0.15) is 56.8 Å². The summed E-state index contributed by atoms with van der Waals surface area (Å²) >= 11 is 0. The van der Waals surface area contributed by atoms with Gasteiger partial charge in [-0.05, 0) is 70.4 Å². The molecule has 7 nitrogen and oxygen atoms in total. The van der Waals surface area contributed by atoms with E-state index in [0.29, 0.717) is 55.1 Å². The van der Waals surface area contributed by atoms with E-state index in [0.717, 1.165) is 12.8 Å². The predicted molar refractivity (Wildman–Crippen MR) is 114 cm³/mol. The lowest BCUT2D eigenvalue weighted by molar-refractivity contribution is 0.0183. The second-order valence-electron chi connectivity index (χ2n) is 9.27. The van der Waals surface area contributed by atoms with Gasteiger partial charge in [0.05, 0.1) is 13.7 Å². The Labute approximate surface area is 179 Å². The number of ether oxygens (including phenoxy) is 3. The number of hydrogen-bond acceptors (Lipinski definition) is 5. The fourth-order valence-electron chi connectivity index (χ4n) is 3.39. The van der Waals surface area contributed by atoms with Crippen molar-refractivity contribution in [2.45, 2.75) is 52.1 Å². The molecule has 7 heteroatoms. The van der Waals surface area contributed by atoms with Crippen molar-refractivity contribution in [1.82, 2.24) is 10.2 Å². The van der Waals surface area contributed by atoms with Crippen molar-refractivity contribution in [2.24, 2.45) is 11.8 Å². The third kappa shape index (κ3) is 6.82. The van der Waals surface area contributed by atoms with E-state index in [1.807, 2.05) is 26.8 Å². The third-order valence-corrected chi connectivity index (χ3v) is 5.38. The highest BCUT2D eigenvalue weighted by molar-refractivity contribution is 5.95. The Kier molecular flexibility index (Phi) is 7.10. The van der Waals surface area contributed by atoms with Crippen molar-refractivity contribution < 1.29 is 23.8 Å². The summed E-state index contributed by atoms with van der Waals surface area (Å²) < 4.78 is 16.6. The number of likely N-dealkylation sites (tertiary alicyclic amines) is 1. The third-order valence-electron chi connectivity index (χ3n) is 5.38. The molecule has 1 aromatic carbocycles. The van der Waals surface area contributed by atoms with Crippen LogP contribution in [0.3, 0.4) is 0 Å². The first-order valence-electron chi connectivity index (χ1n) is 10.8. The van der Waals surface area contributed by atoms with E-state index in [-0.39, 0.29) is 12.0 Å². The van der Waals surface area contributed by atoms with Gasteiger partial charge in [0.25, 0.3) is 5.91 Å². The lowest BCUT2D eigenvalue weighted by atomic mass is 9.97. The van der Waals surface area contributed by atoms with E-state index < -0.39 is 5.60 Å². The number of hydrogen-bond donors (Lipinski definition) is 1. The van der Waals surface area contributed by atoms with E-state index in [1.165, 1.54) is 12.8 Å². The van der Waals surface area contributed by atoms with Gasteiger partial charge in [-0.1, -0.05) is 0 Å². The summed E-state index contributed by atoms with van der Waals surface area (Å²) in [5.74, 6) is 2.11. The van der Waals surface area contributed by atoms with E-state index >= 15 is 0 Å². The second-order valence-corrected chi connectivity index (χ2v) is 9.27. The Morgan fingerprint density at radius 3 is 2.30 bits per heavy atom. The van der Waals surface area contributed by atoms with Crippen LogP contribution in [0.25, 0.3) is 0 Å². The Morgan fingerprint density at radius 2 is 1.70 bits per heavy atom. The van der Waals surface area contributed by atoms with Gasteiger partial charge in [0.15, 0.2) is 0 Å². The maximum Gasteiger partial charge on any atom is 0.410 e. The van der Waals surface area contributed by atoms with Crippen LogP contribution in [0.2, 0.25) is 0 Å². The van der Waals surface area contributed by atoms with Gasteiger partial charge in [-0.2, -0.15) is 0 Å². The van der Waals surface area contributed by atoms with Gasteiger partial charge in [-0.15, -0.1) is 0 Å². The Balaban J connectivity index is 1.47. The monoisotopic (exact) mass is 418 g/mol. The minimum Gasteiger partial charge on any atom is -0.497 e. The molecule has 0 bridgehead atoms. The molecule has 1 saturated carbocycles. The molecule has 166 valence electrons. The van der Waals surface area contributed by atoms with Crippen molar-refractivity contribution >= 4 is 12.0 Å². The Bertz CT molecular complexity index is 746. The van der Waals surface area contributed by atoms with Crippen LogP contribution in [0.4, 0.5) is 4.79 Å². The zero-order valence-electron chi connectivity index (χ0n) is 18.5. The van der Waals surface area contributed by atoms with Crippen molar-refractivity contribution in [3.63, 3.8) is 0 Å². The summed E-state index contributed by atoms with van der Waals surface area (Å²) in [5, 5.41) is 3.02. The fourth-order valence-corrected chi connectivity index (χ4v) is 3.39. The topological polar surface area (TPSA) is 77.1 Å². The molecule has 1 N–H and O–H groups in total. The van der Waals surface area contributed by atoms with Crippen LogP contribution in [-0.4, -0.2) is 55.9 Å². The standard InChI is InChI=1S/C23H34N2O5/c1-23(2,3)30-22(27)25-9-7-16(8-10-25)14-24-21(26)18-11-19(28-4)13-20(12-18)29-15-17-5-6-17/h11-13,16-17H,5-10,14-15H2,1-4H3,(H,24,26). The van der Waals surface area contributed by atoms with Gasteiger partial charge < -0.3 is 24.4 Å². The molecule has 2 amide bonds. The number of methoxy groups -OCH3 is 1. The molecule has 1 aromatic rings. The van der Waals surface area contributed by atoms with E-state index in [9.17, 15) is 9.59 Å². The molecule has 3 rings (SSSR count). The van der Waals surface area contributed by atoms with E-state index in [1.54, 1.807) is 24.1 Å². The molecule has 1 aliphatic carbocycles. The molecule has 2 fully saturated rings. The Hall–Kier alpha value is -2.44. The number of rotatable bonds is 7. The van der Waals surface area contributed by atoms with Gasteiger partial charge >= 0.3 is 6.09 Å². The molecule has 0 radical (unpaired) electrons. The number of nitrogens with one attached hydrogen (secondary N) is 1. The highest BCUT2D eigenvalue weighted by Crippen LogP contribution is 2.31. The van der Waals surface area contributed by atoms with Crippen LogP contribution >= 0.6 is 0 Å². The van der Waals surface area contributed by atoms with Gasteiger partial charge in [-0.3, -0.25) is 4.79 Å². The van der Waals surface area contributed by atoms with Crippen LogP contribution in [-0.2, 0) is 4.74 Å². The van der Waals surface area contributed by atoms with Crippen molar-refractivity contribution in [1.29, 1.82) is 0 Å². The van der Waals surface area contributed by atoms with Crippen LogP contribution in [0.5, 0.6) is 11.5 Å². The van der Waals surface area contributed by atoms with Gasteiger partial charge in [0.1, 0.15) is 17.1 Å². The smallest absolute Gasteiger partial charge is 0.410 e. The molecule has 0 atom stereocenters.